The van der Waals surface area contributed by atoms with Crippen molar-refractivity contribution in [1.29, 1.82) is 0 Å². The third kappa shape index (κ3) is 2.98. The summed E-state index contributed by atoms with van der Waals surface area (Å²) in [6.07, 6.45) is 2.29. The van der Waals surface area contributed by atoms with Gasteiger partial charge in [-0.1, -0.05) is 13.0 Å². The second kappa shape index (κ2) is 5.69. The number of benzene rings is 1. The summed E-state index contributed by atoms with van der Waals surface area (Å²) < 4.78 is 6.90. The monoisotopic (exact) mass is 283 g/mol. The first-order chi connectivity index (χ1) is 7.79. The third-order valence-corrected chi connectivity index (χ3v) is 3.66. The first-order valence-corrected chi connectivity index (χ1v) is 6.71. The highest BCUT2D eigenvalue weighted by Crippen LogP contribution is 2.27. The lowest BCUT2D eigenvalue weighted by Crippen LogP contribution is -2.15. The normalized spacial score (nSPS) is 20.0. The lowest BCUT2D eigenvalue weighted by atomic mass is 10.1. The van der Waals surface area contributed by atoms with Gasteiger partial charge in [0.25, 0.3) is 0 Å². The second-order valence-corrected chi connectivity index (χ2v) is 5.14. The van der Waals surface area contributed by atoms with Gasteiger partial charge >= 0.3 is 0 Å². The van der Waals surface area contributed by atoms with Gasteiger partial charge < -0.3 is 10.1 Å². The van der Waals surface area contributed by atoms with Gasteiger partial charge in [-0.25, -0.2) is 0 Å². The van der Waals surface area contributed by atoms with Crippen molar-refractivity contribution in [3.8, 4) is 5.75 Å². The zero-order valence-electron chi connectivity index (χ0n) is 9.63. The lowest BCUT2D eigenvalue weighted by Gasteiger charge is -2.12. The van der Waals surface area contributed by atoms with Crippen molar-refractivity contribution in [2.75, 3.05) is 19.7 Å². The van der Waals surface area contributed by atoms with Crippen molar-refractivity contribution < 1.29 is 4.74 Å². The van der Waals surface area contributed by atoms with E-state index in [-0.39, 0.29) is 0 Å². The fourth-order valence-electron chi connectivity index (χ4n) is 1.95. The Morgan fingerprint density at radius 1 is 1.50 bits per heavy atom. The molecule has 0 amide bonds. The van der Waals surface area contributed by atoms with Crippen LogP contribution in [-0.2, 0) is 6.42 Å². The molecule has 16 heavy (non-hydrogen) atoms. The van der Waals surface area contributed by atoms with Gasteiger partial charge in [-0.15, -0.1) is 0 Å². The van der Waals surface area contributed by atoms with E-state index in [0.29, 0.717) is 5.92 Å². The maximum absolute atomic E-state index is 5.83. The molecular formula is C13H18BrNO. The Morgan fingerprint density at radius 3 is 3.00 bits per heavy atom. The van der Waals surface area contributed by atoms with Gasteiger partial charge in [-0.3, -0.25) is 0 Å². The fraction of sp³-hybridized carbons (Fsp3) is 0.538. The smallest absolute Gasteiger partial charge is 0.133 e. The van der Waals surface area contributed by atoms with Gasteiger partial charge in [0.05, 0.1) is 11.1 Å². The predicted octanol–water partition coefficient (Wildman–Crippen LogP) is 3.00. The number of nitrogens with one attached hydrogen (secondary N) is 1. The Labute approximate surface area is 106 Å². The zero-order chi connectivity index (χ0) is 11.4. The molecule has 1 heterocycles. The molecule has 1 aromatic rings. The van der Waals surface area contributed by atoms with Crippen LogP contribution in [0.4, 0.5) is 0 Å². The maximum Gasteiger partial charge on any atom is 0.133 e. The fourth-order valence-corrected chi connectivity index (χ4v) is 2.49. The van der Waals surface area contributed by atoms with E-state index in [4.69, 9.17) is 4.74 Å². The standard InChI is InChI=1S/C13H18BrNO/c1-2-10-3-4-13(12(14)7-10)16-9-11-5-6-15-8-11/h3-4,7,11,15H,2,5-6,8-9H2,1H3/t11-/m1/s1. The van der Waals surface area contributed by atoms with E-state index in [2.05, 4.69) is 46.4 Å². The molecule has 0 aliphatic carbocycles. The van der Waals surface area contributed by atoms with Crippen molar-refractivity contribution >= 4 is 15.9 Å². The van der Waals surface area contributed by atoms with Crippen LogP contribution in [-0.4, -0.2) is 19.7 Å². The average Bonchev–Trinajstić information content (AvgIpc) is 2.80. The Balaban J connectivity index is 1.93. The molecule has 1 fully saturated rings. The largest absolute Gasteiger partial charge is 0.492 e. The lowest BCUT2D eigenvalue weighted by molar-refractivity contribution is 0.258. The number of ether oxygens (including phenoxy) is 1. The maximum atomic E-state index is 5.83. The average molecular weight is 284 g/mol. The van der Waals surface area contributed by atoms with Crippen LogP contribution in [0.25, 0.3) is 0 Å². The first kappa shape index (κ1) is 11.9. The molecule has 3 heteroatoms. The van der Waals surface area contributed by atoms with Gasteiger partial charge in [0.15, 0.2) is 0 Å². The molecule has 0 bridgehead atoms. The SMILES string of the molecule is CCc1ccc(OC[C@@H]2CCNC2)c(Br)c1. The highest BCUT2D eigenvalue weighted by molar-refractivity contribution is 9.10. The van der Waals surface area contributed by atoms with Crippen molar-refractivity contribution in [1.82, 2.24) is 5.32 Å². The van der Waals surface area contributed by atoms with E-state index in [1.807, 2.05) is 0 Å². The minimum Gasteiger partial charge on any atom is -0.492 e. The third-order valence-electron chi connectivity index (χ3n) is 3.04. The number of rotatable bonds is 4. The van der Waals surface area contributed by atoms with Crippen LogP contribution in [0.2, 0.25) is 0 Å². The summed E-state index contributed by atoms with van der Waals surface area (Å²) in [4.78, 5) is 0. The Hall–Kier alpha value is -0.540. The minimum absolute atomic E-state index is 0.665. The molecule has 1 aliphatic rings. The summed E-state index contributed by atoms with van der Waals surface area (Å²) in [5.41, 5.74) is 1.33. The quantitative estimate of drug-likeness (QED) is 0.917. The Kier molecular flexibility index (Phi) is 4.24. The van der Waals surface area contributed by atoms with Crippen LogP contribution in [0.15, 0.2) is 22.7 Å². The van der Waals surface area contributed by atoms with Gasteiger partial charge in [0.2, 0.25) is 0 Å². The van der Waals surface area contributed by atoms with Crippen molar-refractivity contribution in [2.45, 2.75) is 19.8 Å². The van der Waals surface area contributed by atoms with E-state index in [1.54, 1.807) is 0 Å². The molecule has 0 radical (unpaired) electrons. The van der Waals surface area contributed by atoms with Crippen LogP contribution < -0.4 is 10.1 Å². The van der Waals surface area contributed by atoms with Crippen LogP contribution in [0.3, 0.4) is 0 Å². The van der Waals surface area contributed by atoms with Crippen LogP contribution >= 0.6 is 15.9 Å². The number of hydrogen-bond donors (Lipinski definition) is 1. The molecule has 1 aromatic carbocycles. The summed E-state index contributed by atoms with van der Waals surface area (Å²) in [6.45, 7) is 5.19. The second-order valence-electron chi connectivity index (χ2n) is 4.29. The van der Waals surface area contributed by atoms with Crippen molar-refractivity contribution in [2.24, 2.45) is 5.92 Å². The molecule has 0 aromatic heterocycles. The first-order valence-electron chi connectivity index (χ1n) is 5.91. The highest BCUT2D eigenvalue weighted by atomic mass is 79.9. The predicted molar refractivity (Wildman–Crippen MR) is 70.0 cm³/mol. The zero-order valence-corrected chi connectivity index (χ0v) is 11.2. The van der Waals surface area contributed by atoms with Crippen LogP contribution in [0.5, 0.6) is 5.75 Å². The molecule has 0 spiro atoms. The van der Waals surface area contributed by atoms with Crippen molar-refractivity contribution in [3.05, 3.63) is 28.2 Å². The number of hydrogen-bond acceptors (Lipinski definition) is 2. The Bertz CT molecular complexity index is 348. The van der Waals surface area contributed by atoms with E-state index in [0.717, 1.165) is 36.3 Å². The molecule has 0 unspecified atom stereocenters. The van der Waals surface area contributed by atoms with Gasteiger partial charge in [0, 0.05) is 12.5 Å². The molecule has 2 nitrogen and oxygen atoms in total. The summed E-state index contributed by atoms with van der Waals surface area (Å²) in [5, 5.41) is 3.35. The molecule has 88 valence electrons. The van der Waals surface area contributed by atoms with E-state index in [1.165, 1.54) is 12.0 Å². The molecule has 0 saturated carbocycles. The van der Waals surface area contributed by atoms with E-state index in [9.17, 15) is 0 Å². The molecule has 1 aliphatic heterocycles. The molecule has 2 rings (SSSR count). The van der Waals surface area contributed by atoms with E-state index >= 15 is 0 Å². The van der Waals surface area contributed by atoms with Gasteiger partial charge in [0.1, 0.15) is 5.75 Å². The Morgan fingerprint density at radius 2 is 2.38 bits per heavy atom. The van der Waals surface area contributed by atoms with Crippen LogP contribution in [0.1, 0.15) is 18.9 Å². The van der Waals surface area contributed by atoms with Gasteiger partial charge in [-0.05, 0) is 53.0 Å². The highest BCUT2D eigenvalue weighted by Gasteiger charge is 2.15. The number of halogens is 1. The molecule has 1 N–H and O–H groups in total. The topological polar surface area (TPSA) is 21.3 Å². The summed E-state index contributed by atoms with van der Waals surface area (Å²) in [6, 6.07) is 6.33. The summed E-state index contributed by atoms with van der Waals surface area (Å²) in [7, 11) is 0. The molecule has 1 saturated heterocycles. The van der Waals surface area contributed by atoms with Crippen molar-refractivity contribution in [3.63, 3.8) is 0 Å². The summed E-state index contributed by atoms with van der Waals surface area (Å²) in [5.74, 6) is 1.63. The minimum atomic E-state index is 0.665. The summed E-state index contributed by atoms with van der Waals surface area (Å²) >= 11 is 3.56. The van der Waals surface area contributed by atoms with Gasteiger partial charge in [-0.2, -0.15) is 0 Å². The van der Waals surface area contributed by atoms with Crippen LogP contribution in [0, 0.1) is 5.92 Å². The van der Waals surface area contributed by atoms with E-state index < -0.39 is 0 Å². The number of aryl methyl sites for hydroxylation is 1. The molecular weight excluding hydrogens is 266 g/mol. The molecule has 1 atom stereocenters.